The predicted octanol–water partition coefficient (Wildman–Crippen LogP) is 3.07. The van der Waals surface area contributed by atoms with Crippen molar-refractivity contribution in [2.45, 2.75) is 45.8 Å². The van der Waals surface area contributed by atoms with Gasteiger partial charge >= 0.3 is 5.97 Å². The van der Waals surface area contributed by atoms with Crippen molar-refractivity contribution >= 4 is 11.7 Å². The summed E-state index contributed by atoms with van der Waals surface area (Å²) in [5, 5.41) is 0. The molecule has 0 aliphatic carbocycles. The molecule has 0 aromatic heterocycles. The van der Waals surface area contributed by atoms with Crippen LogP contribution in [0.2, 0.25) is 0 Å². The van der Waals surface area contributed by atoms with Crippen molar-refractivity contribution in [2.75, 3.05) is 19.6 Å². The van der Waals surface area contributed by atoms with Gasteiger partial charge in [0.1, 0.15) is 12.1 Å². The van der Waals surface area contributed by atoms with E-state index in [9.17, 15) is 4.79 Å². The molecule has 22 heavy (non-hydrogen) atoms. The van der Waals surface area contributed by atoms with E-state index in [1.165, 1.54) is 5.56 Å². The van der Waals surface area contributed by atoms with Gasteiger partial charge in [-0.3, -0.25) is 14.7 Å². The average Bonchev–Trinajstić information content (AvgIpc) is 2.46. The number of benzene rings is 1. The summed E-state index contributed by atoms with van der Waals surface area (Å²) in [4.78, 5) is 18.5. The van der Waals surface area contributed by atoms with Crippen molar-refractivity contribution in [3.63, 3.8) is 0 Å². The maximum absolute atomic E-state index is 11.7. The van der Waals surface area contributed by atoms with Crippen LogP contribution in [0.3, 0.4) is 0 Å². The summed E-state index contributed by atoms with van der Waals surface area (Å²) in [5.74, 6) is -0.244. The van der Waals surface area contributed by atoms with Gasteiger partial charge in [0.15, 0.2) is 0 Å². The number of rotatable bonds is 4. The molecule has 0 unspecified atom stereocenters. The molecule has 0 N–H and O–H groups in total. The fourth-order valence-corrected chi connectivity index (χ4v) is 2.52. The van der Waals surface area contributed by atoms with E-state index in [1.54, 1.807) is 0 Å². The van der Waals surface area contributed by atoms with E-state index in [0.29, 0.717) is 0 Å². The highest BCUT2D eigenvalue weighted by Crippen LogP contribution is 2.12. The lowest BCUT2D eigenvalue weighted by molar-refractivity contribution is -0.152. The average molecular weight is 302 g/mol. The first-order valence-electron chi connectivity index (χ1n) is 7.93. The highest BCUT2D eigenvalue weighted by atomic mass is 16.6. The second kappa shape index (κ2) is 7.54. The van der Waals surface area contributed by atoms with Crippen LogP contribution < -0.4 is 0 Å². The molecule has 120 valence electrons. The summed E-state index contributed by atoms with van der Waals surface area (Å²) < 4.78 is 5.27. The first kappa shape index (κ1) is 16.7. The molecule has 0 bridgehead atoms. The van der Waals surface area contributed by atoms with Gasteiger partial charge in [-0.15, -0.1) is 0 Å². The smallest absolute Gasteiger partial charge is 0.328 e. The van der Waals surface area contributed by atoms with Crippen LogP contribution in [0.4, 0.5) is 0 Å². The molecule has 0 amide bonds. The Morgan fingerprint density at radius 1 is 1.18 bits per heavy atom. The van der Waals surface area contributed by atoms with E-state index in [0.717, 1.165) is 38.2 Å². The van der Waals surface area contributed by atoms with Crippen molar-refractivity contribution in [2.24, 2.45) is 4.99 Å². The molecule has 1 saturated heterocycles. The summed E-state index contributed by atoms with van der Waals surface area (Å²) in [5.41, 5.74) is 2.04. The van der Waals surface area contributed by atoms with Gasteiger partial charge in [0.25, 0.3) is 0 Å². The van der Waals surface area contributed by atoms with Crippen molar-refractivity contribution in [3.8, 4) is 0 Å². The zero-order chi connectivity index (χ0) is 16.0. The molecule has 4 nitrogen and oxygen atoms in total. The van der Waals surface area contributed by atoms with Crippen LogP contribution in [-0.4, -0.2) is 41.8 Å². The third-order valence-electron chi connectivity index (χ3n) is 3.53. The molecular formula is C18H26N2O2. The Hall–Kier alpha value is -1.68. The van der Waals surface area contributed by atoms with Crippen molar-refractivity contribution in [1.82, 2.24) is 4.90 Å². The van der Waals surface area contributed by atoms with Crippen molar-refractivity contribution < 1.29 is 9.53 Å². The quantitative estimate of drug-likeness (QED) is 0.803. The molecule has 0 atom stereocenters. The molecule has 0 saturated carbocycles. The van der Waals surface area contributed by atoms with E-state index in [-0.39, 0.29) is 12.5 Å². The molecule has 4 heteroatoms. The van der Waals surface area contributed by atoms with Gasteiger partial charge in [-0.05, 0) is 39.2 Å². The lowest BCUT2D eigenvalue weighted by Crippen LogP contribution is -2.33. The van der Waals surface area contributed by atoms with Gasteiger partial charge in [-0.2, -0.15) is 0 Å². The Labute approximate surface area is 133 Å². The summed E-state index contributed by atoms with van der Waals surface area (Å²) >= 11 is 0. The van der Waals surface area contributed by atoms with Crippen molar-refractivity contribution in [3.05, 3.63) is 35.9 Å². The molecule has 0 spiro atoms. The second-order valence-corrected chi connectivity index (χ2v) is 6.73. The number of piperidine rings is 1. The third kappa shape index (κ3) is 5.98. The van der Waals surface area contributed by atoms with Gasteiger partial charge in [-0.1, -0.05) is 30.3 Å². The zero-order valence-corrected chi connectivity index (χ0v) is 13.8. The molecule has 0 radical (unpaired) electrons. The number of hydrogen-bond donors (Lipinski definition) is 0. The van der Waals surface area contributed by atoms with Crippen LogP contribution in [0.25, 0.3) is 0 Å². The number of carbonyl (C=O) groups is 1. The second-order valence-electron chi connectivity index (χ2n) is 6.73. The van der Waals surface area contributed by atoms with Gasteiger partial charge in [0.2, 0.25) is 0 Å². The third-order valence-corrected chi connectivity index (χ3v) is 3.53. The first-order valence-corrected chi connectivity index (χ1v) is 7.93. The van der Waals surface area contributed by atoms with Gasteiger partial charge in [0.05, 0.1) is 0 Å². The van der Waals surface area contributed by atoms with Gasteiger partial charge in [-0.25, -0.2) is 0 Å². The monoisotopic (exact) mass is 302 g/mol. The predicted molar refractivity (Wildman–Crippen MR) is 89.1 cm³/mol. The molecule has 1 aromatic carbocycles. The van der Waals surface area contributed by atoms with Crippen LogP contribution in [-0.2, 0) is 16.1 Å². The largest absolute Gasteiger partial charge is 0.459 e. The Bertz CT molecular complexity index is 508. The minimum absolute atomic E-state index is 0.144. The minimum atomic E-state index is -0.434. The van der Waals surface area contributed by atoms with E-state index < -0.39 is 5.60 Å². The molecule has 1 aromatic rings. The van der Waals surface area contributed by atoms with Crippen LogP contribution in [0.15, 0.2) is 35.3 Å². The number of hydrogen-bond acceptors (Lipinski definition) is 4. The minimum Gasteiger partial charge on any atom is -0.459 e. The van der Waals surface area contributed by atoms with Crippen LogP contribution >= 0.6 is 0 Å². The number of carbonyl (C=O) groups excluding carboxylic acids is 1. The van der Waals surface area contributed by atoms with E-state index in [2.05, 4.69) is 34.2 Å². The number of likely N-dealkylation sites (tertiary alicyclic amines) is 1. The zero-order valence-electron chi connectivity index (χ0n) is 13.8. The van der Waals surface area contributed by atoms with E-state index in [1.807, 2.05) is 26.8 Å². The molecule has 2 rings (SSSR count). The lowest BCUT2D eigenvalue weighted by atomic mass is 10.1. The first-order chi connectivity index (χ1) is 10.4. The highest BCUT2D eigenvalue weighted by molar-refractivity contribution is 5.87. The fourth-order valence-electron chi connectivity index (χ4n) is 2.52. The number of aliphatic imine (C=N–C) groups is 1. The topological polar surface area (TPSA) is 41.9 Å². The van der Waals surface area contributed by atoms with E-state index >= 15 is 0 Å². The van der Waals surface area contributed by atoms with Crippen LogP contribution in [0, 0.1) is 0 Å². The molecule has 1 aliphatic heterocycles. The van der Waals surface area contributed by atoms with Gasteiger partial charge < -0.3 is 4.74 Å². The lowest BCUT2D eigenvalue weighted by Gasteiger charge is -2.27. The summed E-state index contributed by atoms with van der Waals surface area (Å²) in [7, 11) is 0. The number of ether oxygens (including phenoxy) is 1. The maximum atomic E-state index is 11.7. The molecule has 1 heterocycles. The normalized spacial score (nSPS) is 16.4. The van der Waals surface area contributed by atoms with Gasteiger partial charge in [0, 0.05) is 25.3 Å². The Morgan fingerprint density at radius 3 is 2.41 bits per heavy atom. The number of esters is 1. The molecular weight excluding hydrogens is 276 g/mol. The van der Waals surface area contributed by atoms with E-state index in [4.69, 9.17) is 4.74 Å². The van der Waals surface area contributed by atoms with Crippen LogP contribution in [0.1, 0.15) is 39.2 Å². The summed E-state index contributed by atoms with van der Waals surface area (Å²) in [6, 6.07) is 10.5. The Morgan fingerprint density at radius 2 is 1.82 bits per heavy atom. The number of nitrogens with zero attached hydrogens (tertiary/aromatic N) is 2. The van der Waals surface area contributed by atoms with Crippen molar-refractivity contribution in [1.29, 1.82) is 0 Å². The fraction of sp³-hybridized carbons (Fsp3) is 0.556. The Balaban J connectivity index is 1.75. The Kier molecular flexibility index (Phi) is 5.72. The summed E-state index contributed by atoms with van der Waals surface area (Å²) in [6.07, 6.45) is 1.88. The molecule has 1 aliphatic rings. The highest BCUT2D eigenvalue weighted by Gasteiger charge is 2.18. The maximum Gasteiger partial charge on any atom is 0.328 e. The standard InChI is InChI=1S/C18H26N2O2/c1-18(2,3)22-17(21)13-19-16-9-11-20(12-10-16)14-15-7-5-4-6-8-15/h4-8H,9-14H2,1-3H3. The molecule has 1 fully saturated rings. The summed E-state index contributed by atoms with van der Waals surface area (Å²) in [6.45, 7) is 8.76. The SMILES string of the molecule is CC(C)(C)OC(=O)CN=C1CCN(Cc2ccccc2)CC1. The van der Waals surface area contributed by atoms with Crippen LogP contribution in [0.5, 0.6) is 0 Å².